The number of tetrazole rings is 1. The molecular weight excluding hydrogens is 566 g/mol. The Bertz CT molecular complexity index is 1420. The summed E-state index contributed by atoms with van der Waals surface area (Å²) in [5, 5.41) is 17.3. The minimum Gasteiger partial charge on any atom is -0.447 e. The number of aromatic nitrogens is 4. The van der Waals surface area contributed by atoms with E-state index in [-0.39, 0.29) is 49.7 Å². The molecule has 2 atom stereocenters. The molecule has 0 radical (unpaired) electrons. The van der Waals surface area contributed by atoms with E-state index in [1.54, 1.807) is 24.3 Å². The summed E-state index contributed by atoms with van der Waals surface area (Å²) in [4.78, 5) is 39.2. The summed E-state index contributed by atoms with van der Waals surface area (Å²) in [6, 6.07) is 10.8. The first-order chi connectivity index (χ1) is 20.5. The molecule has 0 aliphatic carbocycles. The summed E-state index contributed by atoms with van der Waals surface area (Å²) in [7, 11) is 0. The summed E-state index contributed by atoms with van der Waals surface area (Å²) in [6.07, 6.45) is 0.0383. The highest BCUT2D eigenvalue weighted by Gasteiger charge is 2.30. The zero-order chi connectivity index (χ0) is 31.0. The van der Waals surface area contributed by atoms with Crippen molar-refractivity contribution in [2.75, 3.05) is 26.3 Å². The molecule has 1 aliphatic rings. The molecule has 1 aromatic heterocycles. The minimum atomic E-state index is -1.23. The number of nitrogens with two attached hydrogens (primary N) is 1. The van der Waals surface area contributed by atoms with Crippen LogP contribution >= 0.6 is 0 Å². The van der Waals surface area contributed by atoms with E-state index < -0.39 is 35.2 Å². The fraction of sp³-hybridized carbons (Fsp3) is 0.429. The Labute approximate surface area is 246 Å². The molecule has 3 amide bonds. The lowest BCUT2D eigenvalue weighted by atomic mass is 10.1. The van der Waals surface area contributed by atoms with Gasteiger partial charge in [0.15, 0.2) is 5.82 Å². The number of carbonyl (C=O) groups excluding carboxylic acids is 3. The number of hydrogen-bond acceptors (Lipinski definition) is 9. The van der Waals surface area contributed by atoms with Crippen LogP contribution in [0.2, 0.25) is 0 Å². The molecule has 0 saturated carbocycles. The lowest BCUT2D eigenvalue weighted by Gasteiger charge is -2.24. The van der Waals surface area contributed by atoms with E-state index in [2.05, 4.69) is 26.2 Å². The summed E-state index contributed by atoms with van der Waals surface area (Å²) >= 11 is 0. The highest BCUT2D eigenvalue weighted by molar-refractivity contribution is 5.94. The van der Waals surface area contributed by atoms with Crippen molar-refractivity contribution < 1.29 is 32.6 Å². The van der Waals surface area contributed by atoms with Crippen LogP contribution in [-0.2, 0) is 27.4 Å². The van der Waals surface area contributed by atoms with Gasteiger partial charge in [-0.05, 0) is 48.9 Å². The first-order valence-corrected chi connectivity index (χ1v) is 13.7. The van der Waals surface area contributed by atoms with Crippen LogP contribution in [0.4, 0.5) is 13.6 Å². The van der Waals surface area contributed by atoms with E-state index in [0.717, 1.165) is 12.1 Å². The summed E-state index contributed by atoms with van der Waals surface area (Å²) < 4.78 is 39.6. The second-order valence-electron chi connectivity index (χ2n) is 10.6. The molecule has 0 spiro atoms. The van der Waals surface area contributed by atoms with Crippen LogP contribution < -0.4 is 16.4 Å². The van der Waals surface area contributed by atoms with Gasteiger partial charge in [-0.15, -0.1) is 5.10 Å². The largest absolute Gasteiger partial charge is 0.447 e. The molecular formula is C28H34F2N8O5. The number of rotatable bonds is 12. The third kappa shape index (κ3) is 8.75. The van der Waals surface area contributed by atoms with Gasteiger partial charge in [0.05, 0.1) is 25.3 Å². The van der Waals surface area contributed by atoms with Gasteiger partial charge < -0.3 is 30.7 Å². The molecule has 4 rings (SSSR count). The number of hydrogen-bond donors (Lipinski definition) is 3. The lowest BCUT2D eigenvalue weighted by Crippen LogP contribution is -2.51. The Morgan fingerprint density at radius 1 is 1.16 bits per heavy atom. The van der Waals surface area contributed by atoms with Crippen molar-refractivity contribution in [1.29, 1.82) is 0 Å². The quantitative estimate of drug-likeness (QED) is 0.280. The SMILES string of the molecule is CC(C)(N)C(=O)NC(COCc1ccc(F)cc1F)c1nnnn1CCOC(=O)N1CCC(NC(=O)c2ccccc2)C1. The zero-order valence-corrected chi connectivity index (χ0v) is 23.8. The van der Waals surface area contributed by atoms with Crippen LogP contribution in [0.5, 0.6) is 0 Å². The van der Waals surface area contributed by atoms with Crippen molar-refractivity contribution in [2.24, 2.45) is 5.73 Å². The Morgan fingerprint density at radius 2 is 1.93 bits per heavy atom. The third-order valence-corrected chi connectivity index (χ3v) is 6.67. The van der Waals surface area contributed by atoms with Crippen molar-refractivity contribution in [2.45, 2.75) is 51.0 Å². The van der Waals surface area contributed by atoms with Crippen LogP contribution in [0.15, 0.2) is 48.5 Å². The zero-order valence-electron chi connectivity index (χ0n) is 23.8. The summed E-state index contributed by atoms with van der Waals surface area (Å²) in [6.45, 7) is 3.38. The predicted molar refractivity (Wildman–Crippen MR) is 148 cm³/mol. The maximum absolute atomic E-state index is 14.0. The second-order valence-corrected chi connectivity index (χ2v) is 10.6. The van der Waals surface area contributed by atoms with Gasteiger partial charge in [-0.1, -0.05) is 24.3 Å². The van der Waals surface area contributed by atoms with E-state index in [9.17, 15) is 23.2 Å². The van der Waals surface area contributed by atoms with Crippen LogP contribution in [0.1, 0.15) is 48.1 Å². The number of amides is 3. The molecule has 13 nitrogen and oxygen atoms in total. The molecule has 230 valence electrons. The molecule has 43 heavy (non-hydrogen) atoms. The Balaban J connectivity index is 1.31. The second kappa shape index (κ2) is 14.1. The average Bonchev–Trinajstić information content (AvgIpc) is 3.63. The standard InChI is InChI=1S/C28H34F2N8O5/c1-28(2,31)26(40)33-23(17-42-16-19-8-9-20(29)14-22(19)30)24-34-35-36-38(24)12-13-43-27(41)37-11-10-21(15-37)32-25(39)18-6-4-3-5-7-18/h3-9,14,21,23H,10-13,15-17,31H2,1-2H3,(H,32,39)(H,33,40). The fourth-order valence-corrected chi connectivity index (χ4v) is 4.28. The van der Waals surface area contributed by atoms with Gasteiger partial charge in [0.25, 0.3) is 5.91 Å². The van der Waals surface area contributed by atoms with Gasteiger partial charge in [0, 0.05) is 36.3 Å². The van der Waals surface area contributed by atoms with E-state index in [4.69, 9.17) is 15.2 Å². The molecule has 1 saturated heterocycles. The number of nitrogens with one attached hydrogen (secondary N) is 2. The third-order valence-electron chi connectivity index (χ3n) is 6.67. The maximum atomic E-state index is 14.0. The van der Waals surface area contributed by atoms with Gasteiger partial charge in [0.1, 0.15) is 24.3 Å². The van der Waals surface area contributed by atoms with Crippen molar-refractivity contribution in [3.05, 3.63) is 77.1 Å². The summed E-state index contributed by atoms with van der Waals surface area (Å²) in [5.41, 5.74) is 5.36. The minimum absolute atomic E-state index is 0.0566. The number of likely N-dealkylation sites (tertiary alicyclic amines) is 1. The molecule has 1 aliphatic heterocycles. The van der Waals surface area contributed by atoms with Gasteiger partial charge in [-0.25, -0.2) is 18.3 Å². The number of carbonyl (C=O) groups is 3. The maximum Gasteiger partial charge on any atom is 0.409 e. The molecule has 2 heterocycles. The lowest BCUT2D eigenvalue weighted by molar-refractivity contribution is -0.126. The van der Waals surface area contributed by atoms with Crippen molar-refractivity contribution in [3.8, 4) is 0 Å². The smallest absolute Gasteiger partial charge is 0.409 e. The molecule has 3 aromatic rings. The molecule has 1 fully saturated rings. The van der Waals surface area contributed by atoms with E-state index >= 15 is 0 Å². The Kier molecular flexibility index (Phi) is 10.3. The number of ether oxygens (including phenoxy) is 2. The van der Waals surface area contributed by atoms with Gasteiger partial charge in [0.2, 0.25) is 5.91 Å². The molecule has 2 aromatic carbocycles. The predicted octanol–water partition coefficient (Wildman–Crippen LogP) is 1.70. The van der Waals surface area contributed by atoms with Gasteiger partial charge in [-0.3, -0.25) is 9.59 Å². The Morgan fingerprint density at radius 3 is 2.65 bits per heavy atom. The first kappa shape index (κ1) is 31.4. The molecule has 4 N–H and O–H groups in total. The average molecular weight is 601 g/mol. The number of benzene rings is 2. The fourth-order valence-electron chi connectivity index (χ4n) is 4.28. The van der Waals surface area contributed by atoms with Crippen molar-refractivity contribution in [3.63, 3.8) is 0 Å². The molecule has 2 unspecified atom stereocenters. The Hall–Kier alpha value is -4.50. The monoisotopic (exact) mass is 600 g/mol. The highest BCUT2D eigenvalue weighted by Crippen LogP contribution is 2.16. The van der Waals surface area contributed by atoms with Crippen LogP contribution in [0.25, 0.3) is 0 Å². The van der Waals surface area contributed by atoms with Crippen LogP contribution in [0.3, 0.4) is 0 Å². The number of nitrogens with zero attached hydrogens (tertiary/aromatic N) is 5. The van der Waals surface area contributed by atoms with Gasteiger partial charge >= 0.3 is 6.09 Å². The highest BCUT2D eigenvalue weighted by atomic mass is 19.1. The molecule has 15 heteroatoms. The first-order valence-electron chi connectivity index (χ1n) is 13.7. The van der Waals surface area contributed by atoms with Crippen molar-refractivity contribution in [1.82, 2.24) is 35.7 Å². The van der Waals surface area contributed by atoms with Crippen LogP contribution in [0, 0.1) is 11.6 Å². The van der Waals surface area contributed by atoms with Crippen LogP contribution in [-0.4, -0.2) is 80.9 Å². The normalized spacial score (nSPS) is 15.7. The van der Waals surface area contributed by atoms with Gasteiger partial charge in [-0.2, -0.15) is 0 Å². The summed E-state index contributed by atoms with van der Waals surface area (Å²) in [5.74, 6) is -2.01. The van der Waals surface area contributed by atoms with E-state index in [0.29, 0.717) is 25.1 Å². The van der Waals surface area contributed by atoms with E-state index in [1.165, 1.54) is 29.5 Å². The number of halogens is 2. The molecule has 0 bridgehead atoms. The van der Waals surface area contributed by atoms with E-state index in [1.807, 2.05) is 6.07 Å². The van der Waals surface area contributed by atoms with Crippen molar-refractivity contribution >= 4 is 17.9 Å². The topological polar surface area (TPSA) is 167 Å².